The smallest absolute Gasteiger partial charge is 0.315 e. The summed E-state index contributed by atoms with van der Waals surface area (Å²) < 4.78 is 11.1. The Labute approximate surface area is 183 Å². The summed E-state index contributed by atoms with van der Waals surface area (Å²) in [7, 11) is 1.40. The van der Waals surface area contributed by atoms with E-state index < -0.39 is 9.85 Å². The highest BCUT2D eigenvalue weighted by molar-refractivity contribution is 5.83. The van der Waals surface area contributed by atoms with Crippen LogP contribution in [0.1, 0.15) is 16.7 Å². The fourth-order valence-electron chi connectivity index (χ4n) is 2.88. The van der Waals surface area contributed by atoms with Gasteiger partial charge in [-0.25, -0.2) is 0 Å². The molecule has 0 spiro atoms. The lowest BCUT2D eigenvalue weighted by molar-refractivity contribution is -0.386. The number of nitro benzene ring substituents is 2. The number of aryl methyl sites for hydroxylation is 1. The molecule has 0 aliphatic carbocycles. The molecule has 32 heavy (non-hydrogen) atoms. The van der Waals surface area contributed by atoms with E-state index in [4.69, 9.17) is 9.47 Å². The second-order valence-electron chi connectivity index (χ2n) is 6.72. The molecule has 0 aromatic heterocycles. The SMILES string of the molecule is COc1cc(/C=N/Nc2ccc([N+](=O)[O-])cc2)cc([N+](=O)[O-])c1OCc1ccccc1C. The van der Waals surface area contributed by atoms with Crippen molar-refractivity contribution in [1.29, 1.82) is 0 Å². The molecule has 3 aromatic carbocycles. The Hall–Kier alpha value is -4.47. The molecule has 0 fully saturated rings. The molecule has 1 N–H and O–H groups in total. The maximum Gasteiger partial charge on any atom is 0.315 e. The number of rotatable bonds is 9. The van der Waals surface area contributed by atoms with Gasteiger partial charge in [0, 0.05) is 23.8 Å². The molecule has 0 unspecified atom stereocenters. The molecule has 0 heterocycles. The fourth-order valence-corrected chi connectivity index (χ4v) is 2.88. The first-order chi connectivity index (χ1) is 15.4. The van der Waals surface area contributed by atoms with Gasteiger partial charge in [-0.1, -0.05) is 24.3 Å². The first-order valence-electron chi connectivity index (χ1n) is 9.46. The van der Waals surface area contributed by atoms with E-state index in [-0.39, 0.29) is 29.5 Å². The molecule has 3 aromatic rings. The van der Waals surface area contributed by atoms with Gasteiger partial charge in [0.2, 0.25) is 5.75 Å². The van der Waals surface area contributed by atoms with Crippen LogP contribution in [0.5, 0.6) is 11.5 Å². The number of nitro groups is 2. The summed E-state index contributed by atoms with van der Waals surface area (Å²) in [6.45, 7) is 2.08. The van der Waals surface area contributed by atoms with Crippen LogP contribution < -0.4 is 14.9 Å². The van der Waals surface area contributed by atoms with Crippen molar-refractivity contribution in [2.45, 2.75) is 13.5 Å². The minimum Gasteiger partial charge on any atom is -0.493 e. The van der Waals surface area contributed by atoms with E-state index in [1.165, 1.54) is 43.7 Å². The normalized spacial score (nSPS) is 10.7. The van der Waals surface area contributed by atoms with Crippen molar-refractivity contribution in [2.24, 2.45) is 5.10 Å². The van der Waals surface area contributed by atoms with E-state index in [1.54, 1.807) is 6.07 Å². The van der Waals surface area contributed by atoms with Crippen LogP contribution in [0.25, 0.3) is 0 Å². The first kappa shape index (κ1) is 22.2. The highest BCUT2D eigenvalue weighted by Crippen LogP contribution is 2.38. The van der Waals surface area contributed by atoms with Crippen LogP contribution in [0.4, 0.5) is 17.1 Å². The number of hydrogen-bond donors (Lipinski definition) is 1. The van der Waals surface area contributed by atoms with Crippen molar-refractivity contribution in [3.05, 3.63) is 97.6 Å². The van der Waals surface area contributed by atoms with E-state index in [0.29, 0.717) is 11.3 Å². The molecule has 0 saturated heterocycles. The third-order valence-electron chi connectivity index (χ3n) is 4.59. The molecule has 0 atom stereocenters. The van der Waals surface area contributed by atoms with Crippen molar-refractivity contribution < 1.29 is 19.3 Å². The lowest BCUT2D eigenvalue weighted by Crippen LogP contribution is -2.04. The van der Waals surface area contributed by atoms with Gasteiger partial charge in [-0.15, -0.1) is 0 Å². The maximum absolute atomic E-state index is 11.7. The van der Waals surface area contributed by atoms with Gasteiger partial charge < -0.3 is 9.47 Å². The van der Waals surface area contributed by atoms with Crippen molar-refractivity contribution in [2.75, 3.05) is 12.5 Å². The van der Waals surface area contributed by atoms with Crippen LogP contribution in [0.15, 0.2) is 65.8 Å². The molecule has 0 amide bonds. The zero-order chi connectivity index (χ0) is 23.1. The van der Waals surface area contributed by atoms with Crippen LogP contribution >= 0.6 is 0 Å². The van der Waals surface area contributed by atoms with Crippen molar-refractivity contribution in [3.8, 4) is 11.5 Å². The zero-order valence-corrected chi connectivity index (χ0v) is 17.3. The van der Waals surface area contributed by atoms with Gasteiger partial charge in [-0.3, -0.25) is 25.7 Å². The minimum atomic E-state index is -0.545. The third kappa shape index (κ3) is 5.36. The van der Waals surface area contributed by atoms with Crippen LogP contribution in [0.2, 0.25) is 0 Å². The Morgan fingerprint density at radius 3 is 2.38 bits per heavy atom. The summed E-state index contributed by atoms with van der Waals surface area (Å²) >= 11 is 0. The predicted octanol–water partition coefficient (Wildman–Crippen LogP) is 4.85. The average Bonchev–Trinajstić information content (AvgIpc) is 2.78. The summed E-state index contributed by atoms with van der Waals surface area (Å²) in [5, 5.41) is 26.4. The van der Waals surface area contributed by atoms with Crippen molar-refractivity contribution in [3.63, 3.8) is 0 Å². The van der Waals surface area contributed by atoms with E-state index in [9.17, 15) is 20.2 Å². The molecule has 0 saturated carbocycles. The number of hydrogen-bond acceptors (Lipinski definition) is 8. The molecule has 164 valence electrons. The lowest BCUT2D eigenvalue weighted by Gasteiger charge is -2.13. The predicted molar refractivity (Wildman–Crippen MR) is 119 cm³/mol. The second kappa shape index (κ2) is 10.0. The van der Waals surface area contributed by atoms with Gasteiger partial charge >= 0.3 is 5.69 Å². The number of anilines is 1. The van der Waals surface area contributed by atoms with Crippen LogP contribution in [0, 0.1) is 27.2 Å². The summed E-state index contributed by atoms with van der Waals surface area (Å²) in [5.41, 5.74) is 5.26. The average molecular weight is 436 g/mol. The molecule has 3 rings (SSSR count). The van der Waals surface area contributed by atoms with E-state index in [0.717, 1.165) is 11.1 Å². The topological polar surface area (TPSA) is 129 Å². The number of ether oxygens (including phenoxy) is 2. The number of hydrazone groups is 1. The van der Waals surface area contributed by atoms with E-state index in [2.05, 4.69) is 10.5 Å². The quantitative estimate of drug-likeness (QED) is 0.288. The van der Waals surface area contributed by atoms with Crippen LogP contribution in [-0.4, -0.2) is 23.2 Å². The van der Waals surface area contributed by atoms with E-state index >= 15 is 0 Å². The van der Waals surface area contributed by atoms with Gasteiger partial charge in [0.05, 0.1) is 28.9 Å². The summed E-state index contributed by atoms with van der Waals surface area (Å²) in [6, 6.07) is 16.2. The standard InChI is InChI=1S/C22H20N4O6/c1-15-5-3-4-6-17(15)14-32-22-20(26(29)30)11-16(12-21(22)31-2)13-23-24-18-7-9-19(10-8-18)25(27)28/h3-13,24H,14H2,1-2H3/b23-13+. The molecule has 10 heteroatoms. The molecule has 0 aliphatic heterocycles. The Bertz CT molecular complexity index is 1160. The minimum absolute atomic E-state index is 0.0289. The van der Waals surface area contributed by atoms with E-state index in [1.807, 2.05) is 31.2 Å². The Balaban J connectivity index is 1.80. The van der Waals surface area contributed by atoms with Crippen LogP contribution in [-0.2, 0) is 6.61 Å². The van der Waals surface area contributed by atoms with Crippen molar-refractivity contribution in [1.82, 2.24) is 0 Å². The Kier molecular flexibility index (Phi) is 6.96. The molecule has 10 nitrogen and oxygen atoms in total. The maximum atomic E-state index is 11.7. The third-order valence-corrected chi connectivity index (χ3v) is 4.59. The summed E-state index contributed by atoms with van der Waals surface area (Å²) in [4.78, 5) is 21.3. The fraction of sp³-hybridized carbons (Fsp3) is 0.136. The second-order valence-corrected chi connectivity index (χ2v) is 6.72. The van der Waals surface area contributed by atoms with Gasteiger partial charge in [0.1, 0.15) is 6.61 Å². The number of nitrogens with one attached hydrogen (secondary N) is 1. The number of benzene rings is 3. The summed E-state index contributed by atoms with van der Waals surface area (Å²) in [6.07, 6.45) is 1.38. The molecular weight excluding hydrogens is 416 g/mol. The zero-order valence-electron chi connectivity index (χ0n) is 17.3. The largest absolute Gasteiger partial charge is 0.493 e. The lowest BCUT2D eigenvalue weighted by atomic mass is 10.1. The summed E-state index contributed by atoms with van der Waals surface area (Å²) in [5.74, 6) is 0.228. The Morgan fingerprint density at radius 1 is 1.03 bits per heavy atom. The molecule has 0 bridgehead atoms. The van der Waals surface area contributed by atoms with Crippen LogP contribution in [0.3, 0.4) is 0 Å². The van der Waals surface area contributed by atoms with Crippen molar-refractivity contribution >= 4 is 23.3 Å². The highest BCUT2D eigenvalue weighted by atomic mass is 16.6. The monoisotopic (exact) mass is 436 g/mol. The Morgan fingerprint density at radius 2 is 1.75 bits per heavy atom. The number of methoxy groups -OCH3 is 1. The van der Waals surface area contributed by atoms with Gasteiger partial charge in [0.25, 0.3) is 5.69 Å². The van der Waals surface area contributed by atoms with Gasteiger partial charge in [-0.05, 0) is 36.2 Å². The first-order valence-corrected chi connectivity index (χ1v) is 9.46. The van der Waals surface area contributed by atoms with Gasteiger partial charge in [0.15, 0.2) is 5.75 Å². The highest BCUT2D eigenvalue weighted by Gasteiger charge is 2.22. The number of nitrogens with zero attached hydrogens (tertiary/aromatic N) is 3. The molecule has 0 aliphatic rings. The molecular formula is C22H20N4O6. The number of non-ortho nitro benzene ring substituents is 1. The van der Waals surface area contributed by atoms with Gasteiger partial charge in [-0.2, -0.15) is 5.10 Å². The molecule has 0 radical (unpaired) electrons.